The number of ether oxygens (including phenoxy) is 2. The van der Waals surface area contributed by atoms with Crippen molar-refractivity contribution in [3.63, 3.8) is 0 Å². The zero-order chi connectivity index (χ0) is 27.1. The Morgan fingerprint density at radius 1 is 1.14 bits per heavy atom. The molecule has 2 aliphatic heterocycles. The third-order valence-corrected chi connectivity index (χ3v) is 6.24. The highest BCUT2D eigenvalue weighted by Crippen LogP contribution is 2.37. The van der Waals surface area contributed by atoms with Gasteiger partial charge in [0.05, 0.1) is 19.8 Å². The van der Waals surface area contributed by atoms with Crippen LogP contribution in [0.3, 0.4) is 0 Å². The molecule has 2 aromatic rings. The van der Waals surface area contributed by atoms with E-state index in [1.54, 1.807) is 26.4 Å². The van der Waals surface area contributed by atoms with Gasteiger partial charge in [-0.2, -0.15) is 13.2 Å². The van der Waals surface area contributed by atoms with E-state index < -0.39 is 17.3 Å². The number of methoxy groups -OCH3 is 2. The fraction of sp³-hybridized carbons (Fsp3) is 0.400. The minimum atomic E-state index is -4.35. The first-order valence-electron chi connectivity index (χ1n) is 11.5. The molecular weight excluding hydrogens is 493 g/mol. The van der Waals surface area contributed by atoms with Gasteiger partial charge in [0.1, 0.15) is 11.3 Å². The highest BCUT2D eigenvalue weighted by Gasteiger charge is 2.43. The maximum atomic E-state index is 12.8. The lowest BCUT2D eigenvalue weighted by Gasteiger charge is -2.38. The van der Waals surface area contributed by atoms with E-state index in [0.717, 1.165) is 23.4 Å². The third-order valence-electron chi connectivity index (χ3n) is 6.24. The van der Waals surface area contributed by atoms with Crippen LogP contribution in [0.5, 0.6) is 11.5 Å². The summed E-state index contributed by atoms with van der Waals surface area (Å²) >= 11 is 0. The van der Waals surface area contributed by atoms with E-state index in [-0.39, 0.29) is 12.3 Å². The molecule has 0 radical (unpaired) electrons. The summed E-state index contributed by atoms with van der Waals surface area (Å²) in [4.78, 5) is 28.9. The number of halogens is 3. The van der Waals surface area contributed by atoms with Gasteiger partial charge in [-0.1, -0.05) is 11.2 Å². The third kappa shape index (κ3) is 6.83. The Bertz CT molecular complexity index is 1110. The molecule has 0 bridgehead atoms. The molecule has 0 aromatic heterocycles. The number of rotatable bonds is 6. The number of hydrogen-bond donors (Lipinski definition) is 2. The van der Waals surface area contributed by atoms with Gasteiger partial charge in [0.15, 0.2) is 11.5 Å². The first kappa shape index (κ1) is 27.6. The van der Waals surface area contributed by atoms with Crippen molar-refractivity contribution >= 4 is 23.7 Å². The van der Waals surface area contributed by atoms with Gasteiger partial charge in [0.2, 0.25) is 6.41 Å². The summed E-state index contributed by atoms with van der Waals surface area (Å²) in [7, 11) is 3.11. The normalized spacial score (nSPS) is 16.1. The Morgan fingerprint density at radius 3 is 2.32 bits per heavy atom. The van der Waals surface area contributed by atoms with Crippen molar-refractivity contribution in [1.82, 2.24) is 5.32 Å². The highest BCUT2D eigenvalue weighted by molar-refractivity contribution is 6.39. The van der Waals surface area contributed by atoms with Crippen LogP contribution in [0.15, 0.2) is 47.6 Å². The molecule has 0 unspecified atom stereocenters. The lowest BCUT2D eigenvalue weighted by Crippen LogP contribution is -2.45. The fourth-order valence-electron chi connectivity index (χ4n) is 4.22. The Morgan fingerprint density at radius 2 is 1.76 bits per heavy atom. The van der Waals surface area contributed by atoms with Crippen LogP contribution in [-0.4, -0.2) is 50.9 Å². The first-order valence-corrected chi connectivity index (χ1v) is 11.5. The number of nitrogens with two attached hydrogens (primary N) is 1. The van der Waals surface area contributed by atoms with Crippen LogP contribution < -0.4 is 25.4 Å². The Hall–Kier alpha value is -3.96. The van der Waals surface area contributed by atoms with E-state index in [0.29, 0.717) is 56.1 Å². The molecule has 0 saturated carbocycles. The van der Waals surface area contributed by atoms with Gasteiger partial charge in [-0.05, 0) is 42.0 Å². The van der Waals surface area contributed by atoms with E-state index in [1.807, 2.05) is 11.0 Å². The van der Waals surface area contributed by atoms with Crippen LogP contribution in [-0.2, 0) is 27.1 Å². The van der Waals surface area contributed by atoms with E-state index in [1.165, 1.54) is 12.1 Å². The number of benzene rings is 2. The number of primary amides is 1. The molecule has 2 heterocycles. The van der Waals surface area contributed by atoms with E-state index in [2.05, 4.69) is 16.2 Å². The van der Waals surface area contributed by atoms with Crippen molar-refractivity contribution in [2.75, 3.05) is 32.2 Å². The number of carbonyl (C=O) groups is 2. The molecule has 200 valence electrons. The number of oxime groups is 1. The van der Waals surface area contributed by atoms with Crippen molar-refractivity contribution in [1.29, 1.82) is 0 Å². The average Bonchev–Trinajstić information content (AvgIpc) is 3.31. The minimum absolute atomic E-state index is 0.250. The summed E-state index contributed by atoms with van der Waals surface area (Å²) in [6, 6.07) is 10.6. The smallest absolute Gasteiger partial charge is 0.416 e. The molecule has 9 nitrogen and oxygen atoms in total. The fourth-order valence-corrected chi connectivity index (χ4v) is 4.22. The number of alkyl halides is 3. The molecule has 37 heavy (non-hydrogen) atoms. The minimum Gasteiger partial charge on any atom is -0.493 e. The SMILES string of the molecule is COc1ccc(CNC(=O)C2=NOC3(CCN(c4ccc(C(F)(F)F)cc4)CC3)C2)cc1OC.NC=O. The number of piperidine rings is 1. The van der Waals surface area contributed by atoms with Gasteiger partial charge in [0, 0.05) is 44.6 Å². The summed E-state index contributed by atoms with van der Waals surface area (Å²) in [5.74, 6) is 0.891. The van der Waals surface area contributed by atoms with Gasteiger partial charge in [0.25, 0.3) is 5.91 Å². The Labute approximate surface area is 212 Å². The number of nitrogens with one attached hydrogen (secondary N) is 1. The van der Waals surface area contributed by atoms with Crippen LogP contribution >= 0.6 is 0 Å². The number of anilines is 1. The first-order chi connectivity index (χ1) is 17.6. The molecule has 2 aliphatic rings. The molecule has 2 aromatic carbocycles. The van der Waals surface area contributed by atoms with E-state index in [4.69, 9.17) is 19.1 Å². The molecule has 12 heteroatoms. The molecule has 3 N–H and O–H groups in total. The molecule has 1 fully saturated rings. The van der Waals surface area contributed by atoms with Crippen LogP contribution in [0.25, 0.3) is 0 Å². The van der Waals surface area contributed by atoms with Crippen molar-refractivity contribution < 1.29 is 37.1 Å². The van der Waals surface area contributed by atoms with Crippen molar-refractivity contribution in [3.8, 4) is 11.5 Å². The van der Waals surface area contributed by atoms with Crippen LogP contribution in [0.1, 0.15) is 30.4 Å². The summed E-state index contributed by atoms with van der Waals surface area (Å²) in [5, 5.41) is 6.89. The van der Waals surface area contributed by atoms with Gasteiger partial charge < -0.3 is 30.3 Å². The van der Waals surface area contributed by atoms with Crippen molar-refractivity contribution in [2.24, 2.45) is 10.9 Å². The predicted octanol–water partition coefficient (Wildman–Crippen LogP) is 3.26. The lowest BCUT2D eigenvalue weighted by molar-refractivity contribution is -0.137. The maximum Gasteiger partial charge on any atom is 0.416 e. The molecule has 1 spiro atoms. The van der Waals surface area contributed by atoms with E-state index >= 15 is 0 Å². The Balaban J connectivity index is 0.00000121. The number of amides is 2. The van der Waals surface area contributed by atoms with Crippen LogP contribution in [0, 0.1) is 0 Å². The largest absolute Gasteiger partial charge is 0.493 e. The van der Waals surface area contributed by atoms with Gasteiger partial charge in [-0.15, -0.1) is 0 Å². The second-order valence-electron chi connectivity index (χ2n) is 8.53. The average molecular weight is 523 g/mol. The molecule has 0 aliphatic carbocycles. The van der Waals surface area contributed by atoms with E-state index in [9.17, 15) is 18.0 Å². The molecule has 4 rings (SSSR count). The molecule has 1 saturated heterocycles. The van der Waals surface area contributed by atoms with Gasteiger partial charge >= 0.3 is 6.18 Å². The summed E-state index contributed by atoms with van der Waals surface area (Å²) in [5.41, 5.74) is 4.86. The highest BCUT2D eigenvalue weighted by atomic mass is 19.4. The van der Waals surface area contributed by atoms with Crippen LogP contribution in [0.2, 0.25) is 0 Å². The summed E-state index contributed by atoms with van der Waals surface area (Å²) < 4.78 is 48.9. The Kier molecular flexibility index (Phi) is 8.85. The van der Waals surface area contributed by atoms with Crippen LogP contribution in [0.4, 0.5) is 18.9 Å². The van der Waals surface area contributed by atoms with Crippen molar-refractivity contribution in [3.05, 3.63) is 53.6 Å². The standard InChI is InChI=1S/C24H26F3N3O4.CH3NO/c1-32-20-8-3-16(13-21(20)33-2)15-28-22(31)19-14-23(34-29-19)9-11-30(12-10-23)18-6-4-17(5-7-18)24(25,26)27;2-1-3/h3-8,13H,9-12,14-15H2,1-2H3,(H,28,31);1H,(H2,2,3). The molecule has 0 atom stereocenters. The van der Waals surface area contributed by atoms with Gasteiger partial charge in [-0.25, -0.2) is 0 Å². The number of carbonyl (C=O) groups excluding carboxylic acids is 2. The number of nitrogens with zero attached hydrogens (tertiary/aromatic N) is 2. The second-order valence-corrected chi connectivity index (χ2v) is 8.53. The predicted molar refractivity (Wildman–Crippen MR) is 130 cm³/mol. The number of hydrogen-bond acceptors (Lipinski definition) is 7. The monoisotopic (exact) mass is 522 g/mol. The second kappa shape index (κ2) is 11.8. The topological polar surface area (TPSA) is 115 Å². The molecular formula is C25H29F3N4O5. The summed E-state index contributed by atoms with van der Waals surface area (Å²) in [6.45, 7) is 1.50. The lowest BCUT2D eigenvalue weighted by atomic mass is 9.86. The molecule has 2 amide bonds. The maximum absolute atomic E-state index is 12.8. The zero-order valence-corrected chi connectivity index (χ0v) is 20.5. The zero-order valence-electron chi connectivity index (χ0n) is 20.5. The van der Waals surface area contributed by atoms with Crippen molar-refractivity contribution in [2.45, 2.75) is 37.6 Å². The van der Waals surface area contributed by atoms with Gasteiger partial charge in [-0.3, -0.25) is 9.59 Å². The quantitative estimate of drug-likeness (QED) is 0.563. The summed E-state index contributed by atoms with van der Waals surface area (Å²) in [6.07, 6.45) is -2.48.